The highest BCUT2D eigenvalue weighted by Gasteiger charge is 2.17. The molecule has 196 valence electrons. The Morgan fingerprint density at radius 2 is 1.84 bits per heavy atom. The Hall–Kier alpha value is -4.34. The molecule has 0 atom stereocenters. The maximum absolute atomic E-state index is 13.4. The lowest BCUT2D eigenvalue weighted by atomic mass is 10.1. The molecule has 0 radical (unpaired) electrons. The highest BCUT2D eigenvalue weighted by atomic mass is 16.5. The predicted molar refractivity (Wildman–Crippen MR) is 147 cm³/mol. The molecule has 0 aliphatic rings. The van der Waals surface area contributed by atoms with Crippen LogP contribution in [0, 0.1) is 11.3 Å². The van der Waals surface area contributed by atoms with Gasteiger partial charge in [-0.05, 0) is 37.5 Å². The molecule has 3 rings (SSSR count). The Morgan fingerprint density at radius 3 is 2.46 bits per heavy atom. The van der Waals surface area contributed by atoms with Crippen LogP contribution in [0.25, 0.3) is 11.3 Å². The molecule has 0 aliphatic heterocycles. The van der Waals surface area contributed by atoms with Crippen molar-refractivity contribution in [1.29, 1.82) is 5.41 Å². The number of rotatable bonds is 11. The number of carbonyl (C=O) groups is 1. The molecule has 10 nitrogen and oxygen atoms in total. The Kier molecular flexibility index (Phi) is 8.89. The van der Waals surface area contributed by atoms with Gasteiger partial charge in [0.25, 0.3) is 5.56 Å². The van der Waals surface area contributed by atoms with E-state index in [2.05, 4.69) is 15.6 Å². The van der Waals surface area contributed by atoms with Gasteiger partial charge in [0.2, 0.25) is 5.91 Å². The Labute approximate surface area is 216 Å². The zero-order valence-electron chi connectivity index (χ0n) is 21.7. The monoisotopic (exact) mass is 505 g/mol. The van der Waals surface area contributed by atoms with Crippen LogP contribution in [0.2, 0.25) is 0 Å². The number of hydrogen-bond donors (Lipinski definition) is 5. The smallest absolute Gasteiger partial charge is 0.294 e. The fourth-order valence-electron chi connectivity index (χ4n) is 3.57. The van der Waals surface area contributed by atoms with Crippen molar-refractivity contribution in [3.63, 3.8) is 0 Å². The second-order valence-electron chi connectivity index (χ2n) is 9.57. The molecular weight excluding hydrogens is 470 g/mol. The van der Waals surface area contributed by atoms with E-state index in [1.54, 1.807) is 48.7 Å². The summed E-state index contributed by atoms with van der Waals surface area (Å²) >= 11 is 0. The minimum absolute atomic E-state index is 0.0188. The van der Waals surface area contributed by atoms with Gasteiger partial charge in [-0.1, -0.05) is 38.1 Å². The van der Waals surface area contributed by atoms with E-state index in [0.29, 0.717) is 40.8 Å². The van der Waals surface area contributed by atoms with Gasteiger partial charge in [0.05, 0.1) is 18.5 Å². The zero-order chi connectivity index (χ0) is 27.1. The number of hydrogen-bond acceptors (Lipinski definition) is 7. The van der Waals surface area contributed by atoms with Crippen LogP contribution in [0.4, 0.5) is 11.5 Å². The largest absolute Gasteiger partial charge is 0.493 e. The summed E-state index contributed by atoms with van der Waals surface area (Å²) in [4.78, 5) is 30.6. The van der Waals surface area contributed by atoms with Gasteiger partial charge in [-0.25, -0.2) is 4.98 Å². The van der Waals surface area contributed by atoms with Crippen molar-refractivity contribution >= 4 is 23.2 Å². The van der Waals surface area contributed by atoms with Crippen LogP contribution >= 0.6 is 0 Å². The normalized spacial score (nSPS) is 11.0. The van der Waals surface area contributed by atoms with Crippen molar-refractivity contribution in [3.8, 4) is 17.0 Å². The van der Waals surface area contributed by atoms with E-state index in [1.807, 2.05) is 27.7 Å². The minimum atomic E-state index is -0.417. The average Bonchev–Trinajstić information content (AvgIpc) is 2.83. The van der Waals surface area contributed by atoms with E-state index in [0.717, 1.165) is 5.56 Å². The number of nitrogens with one attached hydrogen (secondary N) is 3. The van der Waals surface area contributed by atoms with E-state index >= 15 is 0 Å². The third-order valence-corrected chi connectivity index (χ3v) is 5.34. The van der Waals surface area contributed by atoms with Gasteiger partial charge in [-0.15, -0.1) is 0 Å². The SMILES string of the molecule is CC(C)COc1cc(N)cc(-c2cnc(NC(C)C)c(=O)n2CC(=O)NCc2ccc(C(=N)N)cc2)c1. The van der Waals surface area contributed by atoms with Crippen LogP contribution in [0.1, 0.15) is 38.8 Å². The van der Waals surface area contributed by atoms with Gasteiger partial charge in [0.1, 0.15) is 18.1 Å². The lowest BCUT2D eigenvalue weighted by Gasteiger charge is -2.17. The summed E-state index contributed by atoms with van der Waals surface area (Å²) < 4.78 is 7.23. The quantitative estimate of drug-likeness (QED) is 0.152. The molecule has 0 spiro atoms. The summed E-state index contributed by atoms with van der Waals surface area (Å²) in [7, 11) is 0. The fourth-order valence-corrected chi connectivity index (χ4v) is 3.57. The van der Waals surface area contributed by atoms with Crippen molar-refractivity contribution in [2.24, 2.45) is 11.7 Å². The number of aromatic nitrogens is 2. The van der Waals surface area contributed by atoms with E-state index in [9.17, 15) is 9.59 Å². The van der Waals surface area contributed by atoms with E-state index < -0.39 is 5.56 Å². The van der Waals surface area contributed by atoms with Gasteiger partial charge in [-0.3, -0.25) is 19.6 Å². The summed E-state index contributed by atoms with van der Waals surface area (Å²) in [5.41, 5.74) is 14.2. The van der Waals surface area contributed by atoms with Gasteiger partial charge in [0.15, 0.2) is 5.82 Å². The first-order chi connectivity index (χ1) is 17.5. The second-order valence-corrected chi connectivity index (χ2v) is 9.57. The number of ether oxygens (including phenoxy) is 1. The summed E-state index contributed by atoms with van der Waals surface area (Å²) in [6.07, 6.45) is 1.56. The first-order valence-electron chi connectivity index (χ1n) is 12.1. The molecule has 0 aliphatic carbocycles. The Bertz CT molecular complexity index is 1310. The molecule has 0 bridgehead atoms. The average molecular weight is 506 g/mol. The molecule has 0 fully saturated rings. The molecule has 0 unspecified atom stereocenters. The first-order valence-corrected chi connectivity index (χ1v) is 12.1. The summed E-state index contributed by atoms with van der Waals surface area (Å²) in [5.74, 6) is 0.691. The van der Waals surface area contributed by atoms with Gasteiger partial charge in [-0.2, -0.15) is 0 Å². The topological polar surface area (TPSA) is 161 Å². The van der Waals surface area contributed by atoms with E-state index in [4.69, 9.17) is 21.6 Å². The number of nitrogen functional groups attached to an aromatic ring is 2. The molecule has 3 aromatic rings. The first kappa shape index (κ1) is 27.3. The zero-order valence-corrected chi connectivity index (χ0v) is 21.7. The van der Waals surface area contributed by atoms with Crippen molar-refractivity contribution in [3.05, 3.63) is 70.1 Å². The second kappa shape index (κ2) is 12.1. The van der Waals surface area contributed by atoms with Crippen LogP contribution in [0.3, 0.4) is 0 Å². The van der Waals surface area contributed by atoms with E-state index in [1.165, 1.54) is 4.57 Å². The summed E-state index contributed by atoms with van der Waals surface area (Å²) in [6, 6.07) is 12.2. The highest BCUT2D eigenvalue weighted by Crippen LogP contribution is 2.27. The van der Waals surface area contributed by atoms with Crippen LogP contribution in [-0.2, 0) is 17.9 Å². The number of nitrogens with two attached hydrogens (primary N) is 2. The standard InChI is InChI=1S/C27H35N7O3/c1-16(2)15-37-22-10-20(9-21(28)11-22)23-13-32-26(33-17(3)4)27(36)34(23)14-24(35)31-12-18-5-7-19(8-6-18)25(29)30/h5-11,13,16-17H,12,14-15,28H2,1-4H3,(H3,29,30)(H,31,35)(H,32,33). The number of anilines is 2. The van der Waals surface area contributed by atoms with Crippen molar-refractivity contribution < 1.29 is 9.53 Å². The maximum atomic E-state index is 13.4. The maximum Gasteiger partial charge on any atom is 0.294 e. The van der Waals surface area contributed by atoms with Crippen molar-refractivity contribution in [1.82, 2.24) is 14.9 Å². The van der Waals surface area contributed by atoms with Crippen LogP contribution < -0.4 is 32.4 Å². The Morgan fingerprint density at radius 1 is 1.14 bits per heavy atom. The molecule has 2 aromatic carbocycles. The molecule has 10 heteroatoms. The number of benzene rings is 2. The Balaban J connectivity index is 1.90. The summed E-state index contributed by atoms with van der Waals surface area (Å²) in [6.45, 7) is 8.46. The number of amides is 1. The van der Waals surface area contributed by atoms with Crippen molar-refractivity contribution in [2.45, 2.75) is 46.8 Å². The number of amidine groups is 1. The van der Waals surface area contributed by atoms with Gasteiger partial charge in [0, 0.05) is 35.5 Å². The highest BCUT2D eigenvalue weighted by molar-refractivity contribution is 5.94. The minimum Gasteiger partial charge on any atom is -0.493 e. The third-order valence-electron chi connectivity index (χ3n) is 5.34. The molecule has 0 saturated carbocycles. The molecule has 7 N–H and O–H groups in total. The molecule has 1 amide bonds. The molecule has 37 heavy (non-hydrogen) atoms. The molecule has 0 saturated heterocycles. The van der Waals surface area contributed by atoms with Crippen LogP contribution in [0.5, 0.6) is 5.75 Å². The van der Waals surface area contributed by atoms with Gasteiger partial charge < -0.3 is 26.8 Å². The third kappa shape index (κ3) is 7.57. The lowest BCUT2D eigenvalue weighted by Crippen LogP contribution is -2.35. The molecular formula is C27H35N7O3. The summed E-state index contributed by atoms with van der Waals surface area (Å²) in [5, 5.41) is 13.4. The predicted octanol–water partition coefficient (Wildman–Crippen LogP) is 2.95. The number of nitrogens with zero attached hydrogens (tertiary/aromatic N) is 2. The van der Waals surface area contributed by atoms with E-state index in [-0.39, 0.29) is 36.7 Å². The fraction of sp³-hybridized carbons (Fsp3) is 0.333. The lowest BCUT2D eigenvalue weighted by molar-refractivity contribution is -0.121. The van der Waals surface area contributed by atoms with Gasteiger partial charge >= 0.3 is 0 Å². The number of carbonyl (C=O) groups excluding carboxylic acids is 1. The van der Waals surface area contributed by atoms with Crippen LogP contribution in [-0.4, -0.2) is 33.9 Å². The molecule has 1 heterocycles. The van der Waals surface area contributed by atoms with Crippen LogP contribution in [0.15, 0.2) is 53.5 Å². The van der Waals surface area contributed by atoms with Crippen molar-refractivity contribution in [2.75, 3.05) is 17.7 Å². The molecule has 1 aromatic heterocycles.